The van der Waals surface area contributed by atoms with E-state index in [1.807, 2.05) is 6.07 Å². The topological polar surface area (TPSA) is 44.9 Å². The van der Waals surface area contributed by atoms with Crippen LogP contribution in [0.25, 0.3) is 0 Å². The highest BCUT2D eigenvalue weighted by Crippen LogP contribution is 2.27. The SMILES string of the molecule is CCC1CCCCC1NC(=O)c1cc(Br)c[nH]1. The van der Waals surface area contributed by atoms with Gasteiger partial charge in [-0.3, -0.25) is 4.79 Å². The zero-order chi connectivity index (χ0) is 12.3. The lowest BCUT2D eigenvalue weighted by Gasteiger charge is -2.31. The fourth-order valence-corrected chi connectivity index (χ4v) is 2.97. The Bertz CT molecular complexity index is 389. The first-order chi connectivity index (χ1) is 8.20. The van der Waals surface area contributed by atoms with Crippen molar-refractivity contribution in [1.29, 1.82) is 0 Å². The molecule has 2 N–H and O–H groups in total. The van der Waals surface area contributed by atoms with Crippen LogP contribution in [0.1, 0.15) is 49.5 Å². The summed E-state index contributed by atoms with van der Waals surface area (Å²) >= 11 is 3.34. The molecular formula is C13H19BrN2O. The van der Waals surface area contributed by atoms with Gasteiger partial charge in [0.1, 0.15) is 5.69 Å². The second kappa shape index (κ2) is 5.71. The van der Waals surface area contributed by atoms with Gasteiger partial charge < -0.3 is 10.3 Å². The van der Waals surface area contributed by atoms with E-state index in [0.29, 0.717) is 17.7 Å². The number of hydrogen-bond donors (Lipinski definition) is 2. The fourth-order valence-electron chi connectivity index (χ4n) is 2.63. The smallest absolute Gasteiger partial charge is 0.267 e. The molecule has 0 bridgehead atoms. The van der Waals surface area contributed by atoms with Gasteiger partial charge in [0.25, 0.3) is 5.91 Å². The molecule has 1 amide bonds. The lowest BCUT2D eigenvalue weighted by atomic mass is 9.83. The van der Waals surface area contributed by atoms with Crippen LogP contribution in [0.4, 0.5) is 0 Å². The Hall–Kier alpha value is -0.770. The van der Waals surface area contributed by atoms with Gasteiger partial charge in [-0.1, -0.05) is 26.2 Å². The van der Waals surface area contributed by atoms with Crippen LogP contribution in [0.5, 0.6) is 0 Å². The molecular weight excluding hydrogens is 280 g/mol. The molecule has 17 heavy (non-hydrogen) atoms. The Morgan fingerprint density at radius 3 is 2.94 bits per heavy atom. The molecule has 1 aromatic rings. The Morgan fingerprint density at radius 2 is 2.29 bits per heavy atom. The monoisotopic (exact) mass is 298 g/mol. The van der Waals surface area contributed by atoms with Crippen LogP contribution in [0.15, 0.2) is 16.7 Å². The molecule has 2 unspecified atom stereocenters. The van der Waals surface area contributed by atoms with Crippen molar-refractivity contribution in [1.82, 2.24) is 10.3 Å². The molecule has 4 heteroatoms. The molecule has 0 saturated heterocycles. The summed E-state index contributed by atoms with van der Waals surface area (Å²) in [5.41, 5.74) is 0.636. The van der Waals surface area contributed by atoms with Crippen LogP contribution in [0, 0.1) is 5.92 Å². The van der Waals surface area contributed by atoms with Gasteiger partial charge in [-0.15, -0.1) is 0 Å². The number of carbonyl (C=O) groups excluding carboxylic acids is 1. The number of carbonyl (C=O) groups is 1. The van der Waals surface area contributed by atoms with Gasteiger partial charge in [-0.25, -0.2) is 0 Å². The van der Waals surface area contributed by atoms with E-state index >= 15 is 0 Å². The van der Waals surface area contributed by atoms with E-state index in [9.17, 15) is 4.79 Å². The molecule has 94 valence electrons. The van der Waals surface area contributed by atoms with E-state index in [-0.39, 0.29) is 5.91 Å². The van der Waals surface area contributed by atoms with Crippen LogP contribution in [-0.4, -0.2) is 16.9 Å². The van der Waals surface area contributed by atoms with Gasteiger partial charge in [0.2, 0.25) is 0 Å². The predicted molar refractivity (Wildman–Crippen MR) is 72.0 cm³/mol. The molecule has 2 rings (SSSR count). The third kappa shape index (κ3) is 3.12. The normalized spacial score (nSPS) is 24.6. The Morgan fingerprint density at radius 1 is 1.53 bits per heavy atom. The second-order valence-corrected chi connectivity index (χ2v) is 5.68. The minimum absolute atomic E-state index is 0.0149. The van der Waals surface area contributed by atoms with Gasteiger partial charge in [0.15, 0.2) is 0 Å². The summed E-state index contributed by atoms with van der Waals surface area (Å²) in [7, 11) is 0. The summed E-state index contributed by atoms with van der Waals surface area (Å²) in [5.74, 6) is 0.659. The molecule has 0 spiro atoms. The quantitative estimate of drug-likeness (QED) is 0.882. The Balaban J connectivity index is 1.97. The number of aromatic amines is 1. The van der Waals surface area contributed by atoms with Crippen molar-refractivity contribution in [2.24, 2.45) is 5.92 Å². The van der Waals surface area contributed by atoms with E-state index in [2.05, 4.69) is 33.2 Å². The summed E-state index contributed by atoms with van der Waals surface area (Å²) in [6.45, 7) is 2.21. The second-order valence-electron chi connectivity index (χ2n) is 4.76. The zero-order valence-electron chi connectivity index (χ0n) is 10.1. The lowest BCUT2D eigenvalue weighted by Crippen LogP contribution is -2.42. The number of H-pyrrole nitrogens is 1. The van der Waals surface area contributed by atoms with Crippen LogP contribution in [0.2, 0.25) is 0 Å². The maximum atomic E-state index is 12.0. The Kier molecular flexibility index (Phi) is 4.26. The standard InChI is InChI=1S/C13H19BrN2O/c1-2-9-5-3-4-6-11(9)16-13(17)12-7-10(14)8-15-12/h7-9,11,15H,2-6H2,1H3,(H,16,17). The third-order valence-electron chi connectivity index (χ3n) is 3.64. The van der Waals surface area contributed by atoms with Gasteiger partial charge in [0.05, 0.1) is 0 Å². The maximum Gasteiger partial charge on any atom is 0.267 e. The van der Waals surface area contributed by atoms with Crippen molar-refractivity contribution in [2.75, 3.05) is 0 Å². The van der Waals surface area contributed by atoms with Crippen molar-refractivity contribution in [3.8, 4) is 0 Å². The largest absolute Gasteiger partial charge is 0.356 e. The van der Waals surface area contributed by atoms with E-state index in [0.717, 1.165) is 17.3 Å². The van der Waals surface area contributed by atoms with E-state index in [1.54, 1.807) is 6.20 Å². The summed E-state index contributed by atoms with van der Waals surface area (Å²) in [6.07, 6.45) is 7.84. The minimum Gasteiger partial charge on any atom is -0.356 e. The number of halogens is 1. The zero-order valence-corrected chi connectivity index (χ0v) is 11.7. The van der Waals surface area contributed by atoms with Gasteiger partial charge in [-0.05, 0) is 40.8 Å². The lowest BCUT2D eigenvalue weighted by molar-refractivity contribution is 0.0900. The number of rotatable bonds is 3. The summed E-state index contributed by atoms with van der Waals surface area (Å²) < 4.78 is 0.915. The average molecular weight is 299 g/mol. The molecule has 1 aromatic heterocycles. The van der Waals surface area contributed by atoms with Gasteiger partial charge >= 0.3 is 0 Å². The molecule has 3 nitrogen and oxygen atoms in total. The average Bonchev–Trinajstić information content (AvgIpc) is 2.77. The first-order valence-corrected chi connectivity index (χ1v) is 7.14. The van der Waals surface area contributed by atoms with Gasteiger partial charge in [0, 0.05) is 16.7 Å². The first kappa shape index (κ1) is 12.7. The van der Waals surface area contributed by atoms with Crippen LogP contribution >= 0.6 is 15.9 Å². The maximum absolute atomic E-state index is 12.0. The molecule has 1 fully saturated rings. The van der Waals surface area contributed by atoms with Crippen LogP contribution < -0.4 is 5.32 Å². The number of nitrogens with one attached hydrogen (secondary N) is 2. The summed E-state index contributed by atoms with van der Waals surface area (Å²) in [4.78, 5) is 15.0. The highest BCUT2D eigenvalue weighted by molar-refractivity contribution is 9.10. The predicted octanol–water partition coefficient (Wildman–Crippen LogP) is 3.48. The summed E-state index contributed by atoms with van der Waals surface area (Å²) in [6, 6.07) is 2.17. The molecule has 2 atom stereocenters. The molecule has 1 aliphatic rings. The fraction of sp³-hybridized carbons (Fsp3) is 0.615. The Labute approximate surface area is 110 Å². The molecule has 1 aliphatic carbocycles. The van der Waals surface area contributed by atoms with Crippen LogP contribution in [-0.2, 0) is 0 Å². The third-order valence-corrected chi connectivity index (χ3v) is 4.10. The van der Waals surface area contributed by atoms with Crippen molar-refractivity contribution < 1.29 is 4.79 Å². The molecule has 0 aromatic carbocycles. The molecule has 1 saturated carbocycles. The minimum atomic E-state index is 0.0149. The molecule has 1 heterocycles. The van der Waals surface area contributed by atoms with Crippen molar-refractivity contribution in [3.63, 3.8) is 0 Å². The van der Waals surface area contributed by atoms with Crippen LogP contribution in [0.3, 0.4) is 0 Å². The van der Waals surface area contributed by atoms with E-state index in [4.69, 9.17) is 0 Å². The number of hydrogen-bond acceptors (Lipinski definition) is 1. The van der Waals surface area contributed by atoms with Crippen molar-refractivity contribution in [3.05, 3.63) is 22.4 Å². The highest BCUT2D eigenvalue weighted by Gasteiger charge is 2.25. The van der Waals surface area contributed by atoms with Crippen molar-refractivity contribution in [2.45, 2.75) is 45.1 Å². The van der Waals surface area contributed by atoms with E-state index in [1.165, 1.54) is 19.3 Å². The van der Waals surface area contributed by atoms with E-state index < -0.39 is 0 Å². The van der Waals surface area contributed by atoms with Gasteiger partial charge in [-0.2, -0.15) is 0 Å². The number of amides is 1. The summed E-state index contributed by atoms with van der Waals surface area (Å²) in [5, 5.41) is 3.16. The first-order valence-electron chi connectivity index (χ1n) is 6.35. The molecule has 0 radical (unpaired) electrons. The number of aromatic nitrogens is 1. The van der Waals surface area contributed by atoms with Crippen molar-refractivity contribution >= 4 is 21.8 Å². The highest BCUT2D eigenvalue weighted by atomic mass is 79.9. The molecule has 0 aliphatic heterocycles.